The van der Waals surface area contributed by atoms with Gasteiger partial charge in [0.2, 0.25) is 5.91 Å². The van der Waals surface area contributed by atoms with Gasteiger partial charge in [0.05, 0.1) is 20.3 Å². The lowest BCUT2D eigenvalue weighted by Gasteiger charge is -2.25. The van der Waals surface area contributed by atoms with Gasteiger partial charge in [-0.2, -0.15) is 0 Å². The number of hydrogen-bond donors (Lipinski definition) is 0. The molecule has 2 rings (SSSR count). The Balaban J connectivity index is 2.44. The Morgan fingerprint density at radius 3 is 2.19 bits per heavy atom. The van der Waals surface area contributed by atoms with E-state index in [0.717, 1.165) is 21.3 Å². The molecule has 0 heterocycles. The molecular weight excluding hydrogens is 402 g/mol. The van der Waals surface area contributed by atoms with Crippen LogP contribution in [0.25, 0.3) is 5.70 Å². The van der Waals surface area contributed by atoms with E-state index in [1.807, 2.05) is 59.5 Å². The minimum absolute atomic E-state index is 0.0319. The number of nitrogens with zero attached hydrogens (tertiary/aromatic N) is 1. The maximum atomic E-state index is 12.5. The fraction of sp³-hybridized carbons (Fsp3) is 0.227. The Hall–Kier alpha value is -1.91. The first-order valence-electron chi connectivity index (χ1n) is 8.74. The van der Waals surface area contributed by atoms with Crippen LogP contribution in [0.4, 0.5) is 0 Å². The molecule has 0 N–H and O–H groups in total. The van der Waals surface area contributed by atoms with Crippen LogP contribution >= 0.6 is 15.9 Å². The van der Waals surface area contributed by atoms with Gasteiger partial charge in [0.25, 0.3) is 0 Å². The number of carbonyl (C=O) groups is 1. The molecule has 0 aromatic heterocycles. The van der Waals surface area contributed by atoms with Crippen LogP contribution in [0.3, 0.4) is 0 Å². The second-order valence-electron chi connectivity index (χ2n) is 7.37. The SMILES string of the molecule is CC(=O)N(Cc1ccccc1)/C(=C\C=C\[Si](C)(C)C)c1ccc(Br)cc1. The molecule has 4 heteroatoms. The molecule has 0 unspecified atom stereocenters. The monoisotopic (exact) mass is 427 g/mol. The molecule has 1 amide bonds. The molecule has 0 saturated heterocycles. The molecule has 0 aliphatic rings. The quantitative estimate of drug-likeness (QED) is 0.392. The molecule has 0 spiro atoms. The third-order valence-corrected chi connectivity index (χ3v) is 5.57. The number of hydrogen-bond acceptors (Lipinski definition) is 1. The first kappa shape index (κ1) is 20.4. The predicted octanol–water partition coefficient (Wildman–Crippen LogP) is 6.27. The Morgan fingerprint density at radius 1 is 1.04 bits per heavy atom. The lowest BCUT2D eigenvalue weighted by Crippen LogP contribution is -2.26. The zero-order valence-corrected chi connectivity index (χ0v) is 18.5. The number of halogens is 1. The van der Waals surface area contributed by atoms with E-state index in [0.29, 0.717) is 6.54 Å². The molecule has 0 bridgehead atoms. The van der Waals surface area contributed by atoms with E-state index < -0.39 is 8.07 Å². The molecule has 136 valence electrons. The lowest BCUT2D eigenvalue weighted by molar-refractivity contribution is -0.126. The summed E-state index contributed by atoms with van der Waals surface area (Å²) < 4.78 is 1.02. The number of amides is 1. The zero-order valence-electron chi connectivity index (χ0n) is 15.9. The first-order chi connectivity index (χ1) is 12.3. The third-order valence-electron chi connectivity index (χ3n) is 3.84. The molecule has 0 aliphatic heterocycles. The molecule has 0 radical (unpaired) electrons. The van der Waals surface area contributed by atoms with Crippen molar-refractivity contribution in [2.45, 2.75) is 33.1 Å². The van der Waals surface area contributed by atoms with Gasteiger partial charge >= 0.3 is 0 Å². The highest BCUT2D eigenvalue weighted by Crippen LogP contribution is 2.24. The summed E-state index contributed by atoms with van der Waals surface area (Å²) in [5.41, 5.74) is 5.34. The topological polar surface area (TPSA) is 20.3 Å². The van der Waals surface area contributed by atoms with Gasteiger partial charge in [0, 0.05) is 11.4 Å². The lowest BCUT2D eigenvalue weighted by atomic mass is 10.1. The second-order valence-corrected chi connectivity index (χ2v) is 13.4. The fourth-order valence-electron chi connectivity index (χ4n) is 2.52. The number of benzene rings is 2. The minimum Gasteiger partial charge on any atom is -0.308 e. The van der Waals surface area contributed by atoms with E-state index in [9.17, 15) is 4.79 Å². The Morgan fingerprint density at radius 2 is 1.65 bits per heavy atom. The molecule has 2 aromatic carbocycles. The number of rotatable bonds is 6. The largest absolute Gasteiger partial charge is 0.308 e. The van der Waals surface area contributed by atoms with Crippen LogP contribution in [-0.4, -0.2) is 18.9 Å². The van der Waals surface area contributed by atoms with Crippen molar-refractivity contribution in [1.29, 1.82) is 0 Å². The molecule has 2 nitrogen and oxygen atoms in total. The highest BCUT2D eigenvalue weighted by Gasteiger charge is 2.16. The van der Waals surface area contributed by atoms with Crippen molar-refractivity contribution in [1.82, 2.24) is 4.90 Å². The molecule has 26 heavy (non-hydrogen) atoms. The molecule has 0 atom stereocenters. The summed E-state index contributed by atoms with van der Waals surface area (Å²) in [5, 5.41) is 0. The molecule has 0 fully saturated rings. The van der Waals surface area contributed by atoms with Crippen molar-refractivity contribution < 1.29 is 4.79 Å². The predicted molar refractivity (Wildman–Crippen MR) is 117 cm³/mol. The summed E-state index contributed by atoms with van der Waals surface area (Å²) in [6.07, 6.45) is 4.16. The molecule has 0 aliphatic carbocycles. The summed E-state index contributed by atoms with van der Waals surface area (Å²) in [6, 6.07) is 18.2. The smallest absolute Gasteiger partial charge is 0.224 e. The summed E-state index contributed by atoms with van der Waals surface area (Å²) in [5.74, 6) is 0.0319. The second kappa shape index (κ2) is 9.15. The van der Waals surface area contributed by atoms with E-state index in [2.05, 4.69) is 53.4 Å². The summed E-state index contributed by atoms with van der Waals surface area (Å²) >= 11 is 3.48. The average molecular weight is 428 g/mol. The summed E-state index contributed by atoms with van der Waals surface area (Å²) in [7, 11) is -1.31. The zero-order chi connectivity index (χ0) is 19.2. The maximum Gasteiger partial charge on any atom is 0.224 e. The Kier molecular flexibility index (Phi) is 7.18. The van der Waals surface area contributed by atoms with Crippen LogP contribution in [0, 0.1) is 0 Å². The number of carbonyl (C=O) groups excluding carboxylic acids is 1. The maximum absolute atomic E-state index is 12.5. The normalized spacial score (nSPS) is 12.4. The average Bonchev–Trinajstić information content (AvgIpc) is 2.58. The standard InChI is InChI=1S/C22H26BrNOSi/c1-18(25)24(17-19-9-6-5-7-10-19)22(11-8-16-26(2,3)4)20-12-14-21(23)15-13-20/h5-16H,17H2,1-4H3/b16-8+,22-11-. The highest BCUT2D eigenvalue weighted by atomic mass is 79.9. The number of allylic oxidation sites excluding steroid dienone is 2. The minimum atomic E-state index is -1.31. The van der Waals surface area contributed by atoms with Crippen molar-refractivity contribution in [3.63, 3.8) is 0 Å². The summed E-state index contributed by atoms with van der Waals surface area (Å²) in [4.78, 5) is 14.3. The first-order valence-corrected chi connectivity index (χ1v) is 13.1. The van der Waals surface area contributed by atoms with Gasteiger partial charge in [-0.1, -0.05) is 89.8 Å². The van der Waals surface area contributed by atoms with Crippen molar-refractivity contribution in [3.8, 4) is 0 Å². The Bertz CT molecular complexity index is 789. The van der Waals surface area contributed by atoms with Gasteiger partial charge in [-0.15, -0.1) is 0 Å². The van der Waals surface area contributed by atoms with Crippen LogP contribution in [0.15, 0.2) is 76.9 Å². The van der Waals surface area contributed by atoms with Gasteiger partial charge < -0.3 is 4.90 Å². The van der Waals surface area contributed by atoms with E-state index in [4.69, 9.17) is 0 Å². The molecular formula is C22H26BrNOSi. The van der Waals surface area contributed by atoms with E-state index >= 15 is 0 Å². The third kappa shape index (κ3) is 6.43. The Labute approximate surface area is 166 Å². The van der Waals surface area contributed by atoms with Crippen molar-refractivity contribution in [3.05, 3.63) is 88.0 Å². The fourth-order valence-corrected chi connectivity index (χ4v) is 3.46. The van der Waals surface area contributed by atoms with Crippen molar-refractivity contribution in [2.75, 3.05) is 0 Å². The van der Waals surface area contributed by atoms with E-state index in [1.165, 1.54) is 0 Å². The molecule has 2 aromatic rings. The van der Waals surface area contributed by atoms with Gasteiger partial charge in [-0.05, 0) is 29.3 Å². The highest BCUT2D eigenvalue weighted by molar-refractivity contribution is 9.10. The van der Waals surface area contributed by atoms with Gasteiger partial charge in [0.15, 0.2) is 0 Å². The van der Waals surface area contributed by atoms with Crippen LogP contribution in [-0.2, 0) is 11.3 Å². The summed E-state index contributed by atoms with van der Waals surface area (Å²) in [6.45, 7) is 9.06. The van der Waals surface area contributed by atoms with Crippen LogP contribution < -0.4 is 0 Å². The molecule has 0 saturated carbocycles. The van der Waals surface area contributed by atoms with E-state index in [1.54, 1.807) is 6.92 Å². The van der Waals surface area contributed by atoms with Gasteiger partial charge in [-0.25, -0.2) is 0 Å². The van der Waals surface area contributed by atoms with Gasteiger partial charge in [0.1, 0.15) is 0 Å². The van der Waals surface area contributed by atoms with Crippen molar-refractivity contribution in [2.24, 2.45) is 0 Å². The van der Waals surface area contributed by atoms with Crippen molar-refractivity contribution >= 4 is 35.6 Å². The van der Waals surface area contributed by atoms with Crippen LogP contribution in [0.1, 0.15) is 18.1 Å². The van der Waals surface area contributed by atoms with E-state index in [-0.39, 0.29) is 5.91 Å². The van der Waals surface area contributed by atoms with Gasteiger partial charge in [-0.3, -0.25) is 4.79 Å². The van der Waals surface area contributed by atoms with Crippen LogP contribution in [0.5, 0.6) is 0 Å². The van der Waals surface area contributed by atoms with Crippen LogP contribution in [0.2, 0.25) is 19.6 Å².